The number of methoxy groups -OCH3 is 1. The Morgan fingerprint density at radius 1 is 1.07 bits per heavy atom. The van der Waals surface area contributed by atoms with Crippen LogP contribution in [0.3, 0.4) is 0 Å². The molecule has 1 atom stereocenters. The zero-order valence-corrected chi connectivity index (χ0v) is 26.3. The lowest BCUT2D eigenvalue weighted by molar-refractivity contribution is -0.139. The van der Waals surface area contributed by atoms with Crippen LogP contribution in [0, 0.1) is 6.92 Å². The van der Waals surface area contributed by atoms with Gasteiger partial charge in [0.2, 0.25) is 11.1 Å². The van der Waals surface area contributed by atoms with E-state index in [1.807, 2.05) is 61.5 Å². The van der Waals surface area contributed by atoms with Gasteiger partial charge in [0, 0.05) is 16.5 Å². The maximum Gasteiger partial charge on any atom is 0.338 e. The van der Waals surface area contributed by atoms with Crippen molar-refractivity contribution in [1.82, 2.24) is 14.8 Å². The van der Waals surface area contributed by atoms with Gasteiger partial charge in [-0.2, -0.15) is 4.98 Å². The number of thioether (sulfide) groups is 1. The summed E-state index contributed by atoms with van der Waals surface area (Å²) in [6, 6.07) is 21.0. The Morgan fingerprint density at radius 2 is 1.86 bits per heavy atom. The maximum atomic E-state index is 13.5. The number of esters is 1. The third-order valence-electron chi connectivity index (χ3n) is 7.12. The molecule has 1 aliphatic rings. The topological polar surface area (TPSA) is 87.5 Å². The average molecular weight is 619 g/mol. The summed E-state index contributed by atoms with van der Waals surface area (Å²) in [5.74, 6) is 1.90. The van der Waals surface area contributed by atoms with Crippen LogP contribution in [-0.2, 0) is 21.9 Å². The number of allylic oxidation sites excluding steroid dienone is 1. The van der Waals surface area contributed by atoms with E-state index in [1.165, 1.54) is 17.3 Å². The molecule has 2 heterocycles. The lowest BCUT2D eigenvalue weighted by Gasteiger charge is -2.28. The highest BCUT2D eigenvalue weighted by atomic mass is 35.5. The zero-order valence-electron chi connectivity index (χ0n) is 24.7. The number of carbonyl (C=O) groups excluding carboxylic acids is 1. The summed E-state index contributed by atoms with van der Waals surface area (Å²) < 4.78 is 19.3. The van der Waals surface area contributed by atoms with E-state index < -0.39 is 12.0 Å². The molecule has 5 rings (SSSR count). The predicted octanol–water partition coefficient (Wildman–Crippen LogP) is 7.75. The number of fused-ring (bicyclic) bond motifs is 1. The minimum atomic E-state index is -0.590. The number of unbranched alkanes of at least 4 members (excludes halogenated alkanes) is 1. The number of rotatable bonds is 12. The fourth-order valence-corrected chi connectivity index (χ4v) is 5.84. The van der Waals surface area contributed by atoms with E-state index in [0.717, 1.165) is 29.5 Å². The molecule has 1 unspecified atom stereocenters. The molecule has 0 spiro atoms. The first-order valence-corrected chi connectivity index (χ1v) is 15.6. The van der Waals surface area contributed by atoms with Crippen molar-refractivity contribution in [2.24, 2.45) is 0 Å². The summed E-state index contributed by atoms with van der Waals surface area (Å²) in [5, 5.41) is 9.35. The molecule has 8 nitrogen and oxygen atoms in total. The molecule has 3 aromatic carbocycles. The van der Waals surface area contributed by atoms with Crippen molar-refractivity contribution in [1.29, 1.82) is 0 Å². The number of nitrogens with zero attached hydrogens (tertiary/aromatic N) is 3. The fourth-order valence-electron chi connectivity index (χ4n) is 4.73. The zero-order chi connectivity index (χ0) is 30.3. The lowest BCUT2D eigenvalue weighted by atomic mass is 9.95. The van der Waals surface area contributed by atoms with E-state index in [1.54, 1.807) is 11.8 Å². The van der Waals surface area contributed by atoms with Crippen molar-refractivity contribution in [2.75, 3.05) is 19.0 Å². The second kappa shape index (κ2) is 14.0. The highest BCUT2D eigenvalue weighted by molar-refractivity contribution is 7.98. The van der Waals surface area contributed by atoms with Crippen LogP contribution in [0.15, 0.2) is 83.2 Å². The molecule has 0 amide bonds. The molecule has 224 valence electrons. The first-order chi connectivity index (χ1) is 20.9. The van der Waals surface area contributed by atoms with Crippen LogP contribution in [0.5, 0.6) is 11.5 Å². The summed E-state index contributed by atoms with van der Waals surface area (Å²) in [5.41, 5.74) is 5.15. The van der Waals surface area contributed by atoms with Gasteiger partial charge in [-0.25, -0.2) is 9.48 Å². The number of hydrogen-bond donors (Lipinski definition) is 1. The first kappa shape index (κ1) is 30.5. The summed E-state index contributed by atoms with van der Waals surface area (Å²) in [6.07, 6.45) is 1.71. The van der Waals surface area contributed by atoms with Crippen LogP contribution in [0.4, 0.5) is 5.95 Å². The highest BCUT2D eigenvalue weighted by Gasteiger charge is 2.36. The molecule has 0 saturated heterocycles. The molecule has 1 aliphatic heterocycles. The predicted molar refractivity (Wildman–Crippen MR) is 170 cm³/mol. The van der Waals surface area contributed by atoms with Crippen molar-refractivity contribution in [2.45, 2.75) is 57.2 Å². The largest absolute Gasteiger partial charge is 0.493 e. The molecule has 0 bridgehead atoms. The first-order valence-electron chi connectivity index (χ1n) is 14.2. The van der Waals surface area contributed by atoms with Crippen molar-refractivity contribution in [3.63, 3.8) is 0 Å². The van der Waals surface area contributed by atoms with Crippen molar-refractivity contribution >= 4 is 35.3 Å². The molecule has 43 heavy (non-hydrogen) atoms. The molecule has 0 aliphatic carbocycles. The Labute approximate surface area is 261 Å². The van der Waals surface area contributed by atoms with Crippen LogP contribution < -0.4 is 14.8 Å². The van der Waals surface area contributed by atoms with E-state index in [-0.39, 0.29) is 0 Å². The molecule has 0 saturated carbocycles. The van der Waals surface area contributed by atoms with Gasteiger partial charge in [-0.05, 0) is 55.2 Å². The van der Waals surface area contributed by atoms with Gasteiger partial charge in [-0.1, -0.05) is 90.8 Å². The maximum absolute atomic E-state index is 13.5. The second-order valence-electron chi connectivity index (χ2n) is 10.3. The van der Waals surface area contributed by atoms with Crippen LogP contribution in [0.25, 0.3) is 0 Å². The van der Waals surface area contributed by atoms with E-state index in [9.17, 15) is 4.79 Å². The van der Waals surface area contributed by atoms with Crippen LogP contribution in [0.1, 0.15) is 55.0 Å². The number of aryl methyl sites for hydroxylation is 1. The SMILES string of the molecule is CCCCOC(=O)C1=C(C)Nc2nc(SCc3ccccc3Cl)nn2C1c1ccc(OCc2ccc(C)cc2)c(OC)c1. The summed E-state index contributed by atoms with van der Waals surface area (Å²) >= 11 is 7.85. The van der Waals surface area contributed by atoms with E-state index in [2.05, 4.69) is 31.3 Å². The van der Waals surface area contributed by atoms with Crippen molar-refractivity contribution < 1.29 is 19.0 Å². The van der Waals surface area contributed by atoms with Crippen molar-refractivity contribution in [3.8, 4) is 11.5 Å². The third kappa shape index (κ3) is 7.17. The number of ether oxygens (including phenoxy) is 3. The second-order valence-corrected chi connectivity index (χ2v) is 11.6. The number of aromatic nitrogens is 3. The number of carbonyl (C=O) groups is 1. The van der Waals surface area contributed by atoms with Gasteiger partial charge in [0.05, 0.1) is 19.3 Å². The van der Waals surface area contributed by atoms with Crippen LogP contribution in [0.2, 0.25) is 5.02 Å². The minimum absolute atomic E-state index is 0.344. The quantitative estimate of drug-likeness (QED) is 0.0979. The number of halogens is 1. The van der Waals surface area contributed by atoms with Gasteiger partial charge < -0.3 is 19.5 Å². The van der Waals surface area contributed by atoms with Gasteiger partial charge in [0.1, 0.15) is 12.6 Å². The summed E-state index contributed by atoms with van der Waals surface area (Å²) in [6.45, 7) is 6.71. The van der Waals surface area contributed by atoms with Gasteiger partial charge in [0.15, 0.2) is 11.5 Å². The van der Waals surface area contributed by atoms with Gasteiger partial charge in [-0.3, -0.25) is 0 Å². The summed E-state index contributed by atoms with van der Waals surface area (Å²) in [4.78, 5) is 18.2. The summed E-state index contributed by atoms with van der Waals surface area (Å²) in [7, 11) is 1.60. The monoisotopic (exact) mass is 618 g/mol. The molecule has 10 heteroatoms. The number of anilines is 1. The standard InChI is InChI=1S/C33H35ClN4O4S/c1-5-6-17-41-31(39)29-22(3)35-32-36-33(43-20-25-9-7-8-10-26(25)34)37-38(32)30(29)24-15-16-27(28(18-24)40-4)42-19-23-13-11-21(2)12-14-23/h7-16,18,30H,5-6,17,19-20H2,1-4H3,(H,35,36,37). The Balaban J connectivity index is 1.46. The Morgan fingerprint density at radius 3 is 2.60 bits per heavy atom. The minimum Gasteiger partial charge on any atom is -0.493 e. The normalized spacial score (nSPS) is 14.2. The van der Waals surface area contributed by atoms with Crippen LogP contribution in [-0.4, -0.2) is 34.5 Å². The fraction of sp³-hybridized carbons (Fsp3) is 0.303. The highest BCUT2D eigenvalue weighted by Crippen LogP contribution is 2.40. The van der Waals surface area contributed by atoms with Crippen LogP contribution >= 0.6 is 23.4 Å². The number of benzene rings is 3. The van der Waals surface area contributed by atoms with E-state index in [0.29, 0.717) is 57.9 Å². The Kier molecular flexibility index (Phi) is 9.94. The smallest absolute Gasteiger partial charge is 0.338 e. The molecule has 0 fully saturated rings. The molecular weight excluding hydrogens is 584 g/mol. The third-order valence-corrected chi connectivity index (χ3v) is 8.37. The van der Waals surface area contributed by atoms with Gasteiger partial charge in [-0.15, -0.1) is 5.10 Å². The molecule has 1 N–H and O–H groups in total. The van der Waals surface area contributed by atoms with Gasteiger partial charge in [0.25, 0.3) is 0 Å². The number of nitrogens with one attached hydrogen (secondary N) is 1. The average Bonchev–Trinajstić information content (AvgIpc) is 3.42. The molecule has 4 aromatic rings. The number of hydrogen-bond acceptors (Lipinski definition) is 8. The Bertz CT molecular complexity index is 1620. The molecular formula is C33H35ClN4O4S. The van der Waals surface area contributed by atoms with Gasteiger partial charge >= 0.3 is 5.97 Å². The molecule has 1 aromatic heterocycles. The van der Waals surface area contributed by atoms with E-state index >= 15 is 0 Å². The van der Waals surface area contributed by atoms with E-state index in [4.69, 9.17) is 35.9 Å². The van der Waals surface area contributed by atoms with Crippen molar-refractivity contribution in [3.05, 3.63) is 105 Å². The molecule has 0 radical (unpaired) electrons. The lowest BCUT2D eigenvalue weighted by Crippen LogP contribution is -2.29. The Hall–Kier alpha value is -3.95.